The number of nitrogens with one attached hydrogen (secondary N) is 1. The van der Waals surface area contributed by atoms with Crippen LogP contribution in [0, 0.1) is 17.3 Å². The molecule has 4 rings (SSSR count). The van der Waals surface area contributed by atoms with Gasteiger partial charge in [-0.25, -0.2) is 9.97 Å². The molecule has 0 aliphatic carbocycles. The van der Waals surface area contributed by atoms with Gasteiger partial charge in [-0.1, -0.05) is 42.2 Å². The van der Waals surface area contributed by atoms with Crippen molar-refractivity contribution in [3.63, 3.8) is 0 Å². The number of benzene rings is 1. The number of fused-ring (bicyclic) bond motifs is 1. The maximum absolute atomic E-state index is 6.41. The SMILES string of the molecule is CC(C)(C)C#Cc1csc2c(NCC(N)Cc3ccccc3)nc(-c3ccncc3)nc12. The Bertz CT molecular complexity index is 1250. The van der Waals surface area contributed by atoms with E-state index in [1.54, 1.807) is 23.7 Å². The lowest BCUT2D eigenvalue weighted by Gasteiger charge is -2.14. The highest BCUT2D eigenvalue weighted by Crippen LogP contribution is 2.32. The molecule has 0 aliphatic heterocycles. The van der Waals surface area contributed by atoms with Crippen molar-refractivity contribution in [2.45, 2.75) is 33.2 Å². The number of hydrogen-bond donors (Lipinski definition) is 2. The van der Waals surface area contributed by atoms with Gasteiger partial charge in [0.25, 0.3) is 0 Å². The first-order chi connectivity index (χ1) is 15.4. The molecule has 1 unspecified atom stereocenters. The first-order valence-electron chi connectivity index (χ1n) is 10.7. The molecule has 32 heavy (non-hydrogen) atoms. The predicted molar refractivity (Wildman–Crippen MR) is 134 cm³/mol. The van der Waals surface area contributed by atoms with E-state index in [4.69, 9.17) is 15.7 Å². The minimum atomic E-state index is -0.0828. The minimum Gasteiger partial charge on any atom is -0.367 e. The van der Waals surface area contributed by atoms with Crippen LogP contribution < -0.4 is 11.1 Å². The van der Waals surface area contributed by atoms with Crippen LogP contribution in [-0.2, 0) is 6.42 Å². The molecule has 0 aliphatic rings. The first kappa shape index (κ1) is 21.9. The van der Waals surface area contributed by atoms with Crippen LogP contribution in [0.2, 0.25) is 0 Å². The van der Waals surface area contributed by atoms with E-state index in [1.165, 1.54) is 5.56 Å². The summed E-state index contributed by atoms with van der Waals surface area (Å²) < 4.78 is 0.993. The van der Waals surface area contributed by atoms with Gasteiger partial charge in [0, 0.05) is 41.3 Å². The van der Waals surface area contributed by atoms with Crippen LogP contribution in [0.4, 0.5) is 5.82 Å². The van der Waals surface area contributed by atoms with E-state index in [1.807, 2.05) is 30.3 Å². The fourth-order valence-corrected chi connectivity index (χ4v) is 4.13. The Balaban J connectivity index is 1.67. The molecule has 0 saturated carbocycles. The van der Waals surface area contributed by atoms with Gasteiger partial charge >= 0.3 is 0 Å². The summed E-state index contributed by atoms with van der Waals surface area (Å²) in [6.07, 6.45) is 4.30. The fourth-order valence-electron chi connectivity index (χ4n) is 3.23. The van der Waals surface area contributed by atoms with Crippen molar-refractivity contribution in [3.05, 3.63) is 71.4 Å². The van der Waals surface area contributed by atoms with Gasteiger partial charge in [0.15, 0.2) is 5.82 Å². The molecule has 3 N–H and O–H groups in total. The maximum Gasteiger partial charge on any atom is 0.162 e. The van der Waals surface area contributed by atoms with Crippen LogP contribution in [0.1, 0.15) is 31.9 Å². The van der Waals surface area contributed by atoms with E-state index in [-0.39, 0.29) is 11.5 Å². The Morgan fingerprint density at radius 1 is 1.06 bits per heavy atom. The van der Waals surface area contributed by atoms with Gasteiger partial charge in [-0.2, -0.15) is 0 Å². The van der Waals surface area contributed by atoms with E-state index in [2.05, 4.69) is 60.4 Å². The summed E-state index contributed by atoms with van der Waals surface area (Å²) in [5, 5.41) is 5.53. The highest BCUT2D eigenvalue weighted by Gasteiger charge is 2.15. The van der Waals surface area contributed by atoms with Crippen molar-refractivity contribution in [2.75, 3.05) is 11.9 Å². The number of rotatable bonds is 6. The molecule has 5 nitrogen and oxygen atoms in total. The molecule has 4 aromatic rings. The number of thiophene rings is 1. The summed E-state index contributed by atoms with van der Waals surface area (Å²) in [6.45, 7) is 6.92. The number of anilines is 1. The Kier molecular flexibility index (Phi) is 6.50. The molecule has 0 fully saturated rings. The van der Waals surface area contributed by atoms with Gasteiger partial charge in [0.1, 0.15) is 11.3 Å². The average Bonchev–Trinajstić information content (AvgIpc) is 3.20. The zero-order chi connectivity index (χ0) is 22.6. The van der Waals surface area contributed by atoms with Crippen LogP contribution >= 0.6 is 11.3 Å². The predicted octanol–water partition coefficient (Wildman–Crippen LogP) is 5.13. The van der Waals surface area contributed by atoms with Gasteiger partial charge in [-0.3, -0.25) is 4.98 Å². The molecule has 0 spiro atoms. The van der Waals surface area contributed by atoms with Gasteiger partial charge in [0.05, 0.1) is 10.3 Å². The van der Waals surface area contributed by atoms with E-state index >= 15 is 0 Å². The van der Waals surface area contributed by atoms with Gasteiger partial charge in [0.2, 0.25) is 0 Å². The standard InChI is InChI=1S/C26H27N5S/c1-26(2,3)12-9-20-17-32-23-22(20)30-24(19-10-13-28-14-11-19)31-25(23)29-16-21(27)15-18-7-5-4-6-8-18/h4-8,10-11,13-14,17,21H,15-16,27H2,1-3H3,(H,29,30,31). The van der Waals surface area contributed by atoms with E-state index in [9.17, 15) is 0 Å². The topological polar surface area (TPSA) is 76.7 Å². The van der Waals surface area contributed by atoms with Crippen molar-refractivity contribution in [3.8, 4) is 23.2 Å². The number of hydrogen-bond acceptors (Lipinski definition) is 6. The van der Waals surface area contributed by atoms with Crippen LogP contribution in [0.3, 0.4) is 0 Å². The molecule has 6 heteroatoms. The second-order valence-corrected chi connectivity index (χ2v) is 9.67. The van der Waals surface area contributed by atoms with Crippen molar-refractivity contribution in [1.29, 1.82) is 0 Å². The van der Waals surface area contributed by atoms with Crippen molar-refractivity contribution >= 4 is 27.4 Å². The molecule has 1 atom stereocenters. The molecule has 0 saturated heterocycles. The number of aromatic nitrogens is 3. The summed E-state index contributed by atoms with van der Waals surface area (Å²) in [5.41, 5.74) is 10.3. The van der Waals surface area contributed by atoms with E-state index < -0.39 is 0 Å². The lowest BCUT2D eigenvalue weighted by atomic mass is 9.97. The quantitative estimate of drug-likeness (QED) is 0.406. The summed E-state index contributed by atoms with van der Waals surface area (Å²) >= 11 is 1.61. The molecule has 3 heterocycles. The van der Waals surface area contributed by atoms with E-state index in [0.29, 0.717) is 12.4 Å². The molecule has 0 amide bonds. The third-order valence-electron chi connectivity index (χ3n) is 4.80. The molecule has 1 aromatic carbocycles. The second-order valence-electron chi connectivity index (χ2n) is 8.79. The molecule has 0 bridgehead atoms. The highest BCUT2D eigenvalue weighted by molar-refractivity contribution is 7.18. The molecular formula is C26H27N5S. The number of nitrogens with two attached hydrogens (primary N) is 1. The van der Waals surface area contributed by atoms with Crippen molar-refractivity contribution < 1.29 is 0 Å². The molecule has 162 valence electrons. The Hall–Kier alpha value is -3.27. The maximum atomic E-state index is 6.41. The summed E-state index contributed by atoms with van der Waals surface area (Å²) in [7, 11) is 0. The van der Waals surface area contributed by atoms with E-state index in [0.717, 1.165) is 33.6 Å². The summed E-state index contributed by atoms with van der Waals surface area (Å²) in [5.74, 6) is 8.08. The largest absolute Gasteiger partial charge is 0.367 e. The fraction of sp³-hybridized carbons (Fsp3) is 0.269. The lowest BCUT2D eigenvalue weighted by Crippen LogP contribution is -2.31. The normalized spacial score (nSPS) is 12.2. The third-order valence-corrected chi connectivity index (χ3v) is 5.77. The van der Waals surface area contributed by atoms with Crippen LogP contribution in [0.25, 0.3) is 21.6 Å². The Morgan fingerprint density at radius 3 is 2.53 bits per heavy atom. The molecular weight excluding hydrogens is 414 g/mol. The Labute approximate surface area is 193 Å². The smallest absolute Gasteiger partial charge is 0.162 e. The van der Waals surface area contributed by atoms with Gasteiger partial charge in [-0.05, 0) is 44.9 Å². The lowest BCUT2D eigenvalue weighted by molar-refractivity contribution is 0.571. The zero-order valence-electron chi connectivity index (χ0n) is 18.6. The van der Waals surface area contributed by atoms with Gasteiger partial charge < -0.3 is 11.1 Å². The average molecular weight is 442 g/mol. The zero-order valence-corrected chi connectivity index (χ0v) is 19.4. The second kappa shape index (κ2) is 9.47. The number of nitrogens with zero attached hydrogens (tertiary/aromatic N) is 3. The van der Waals surface area contributed by atoms with Crippen molar-refractivity contribution in [1.82, 2.24) is 15.0 Å². The van der Waals surface area contributed by atoms with Crippen LogP contribution in [0.5, 0.6) is 0 Å². The van der Waals surface area contributed by atoms with Crippen LogP contribution in [0.15, 0.2) is 60.2 Å². The first-order valence-corrected chi connectivity index (χ1v) is 11.5. The van der Waals surface area contributed by atoms with Gasteiger partial charge in [-0.15, -0.1) is 11.3 Å². The number of pyridine rings is 1. The summed E-state index contributed by atoms with van der Waals surface area (Å²) in [6, 6.07) is 14.1. The van der Waals surface area contributed by atoms with Crippen LogP contribution in [-0.4, -0.2) is 27.5 Å². The third kappa shape index (κ3) is 5.50. The van der Waals surface area contributed by atoms with Crippen molar-refractivity contribution in [2.24, 2.45) is 11.1 Å². The Morgan fingerprint density at radius 2 is 1.81 bits per heavy atom. The molecule has 3 aromatic heterocycles. The monoisotopic (exact) mass is 441 g/mol. The highest BCUT2D eigenvalue weighted by atomic mass is 32.1. The minimum absolute atomic E-state index is 0.0353. The summed E-state index contributed by atoms with van der Waals surface area (Å²) in [4.78, 5) is 13.8. The molecule has 0 radical (unpaired) electrons.